The van der Waals surface area contributed by atoms with Gasteiger partial charge in [-0.2, -0.15) is 0 Å². The summed E-state index contributed by atoms with van der Waals surface area (Å²) in [6, 6.07) is 2.16. The Morgan fingerprint density at radius 1 is 1.44 bits per heavy atom. The summed E-state index contributed by atoms with van der Waals surface area (Å²) in [4.78, 5) is 1.33. The van der Waals surface area contributed by atoms with E-state index in [0.717, 1.165) is 12.5 Å². The van der Waals surface area contributed by atoms with Crippen LogP contribution in [0.1, 0.15) is 43.9 Å². The summed E-state index contributed by atoms with van der Waals surface area (Å²) < 4.78 is 7.25. The van der Waals surface area contributed by atoms with E-state index in [1.165, 1.54) is 41.5 Å². The van der Waals surface area contributed by atoms with Crippen LogP contribution in [-0.4, -0.2) is 6.10 Å². The van der Waals surface area contributed by atoms with Crippen LogP contribution in [0.5, 0.6) is 0 Å². The van der Waals surface area contributed by atoms with Crippen molar-refractivity contribution in [3.63, 3.8) is 0 Å². The molecule has 0 saturated heterocycles. The third kappa shape index (κ3) is 3.31. The first-order valence-electron chi connectivity index (χ1n) is 6.14. The van der Waals surface area contributed by atoms with Gasteiger partial charge in [0.25, 0.3) is 0 Å². The molecule has 3 heteroatoms. The van der Waals surface area contributed by atoms with Gasteiger partial charge in [-0.1, -0.05) is 26.2 Å². The molecule has 1 aliphatic rings. The quantitative estimate of drug-likeness (QED) is 0.761. The molecule has 1 heterocycles. The molecule has 0 aliphatic heterocycles. The Balaban J connectivity index is 1.84. The molecule has 1 aliphatic carbocycles. The molecule has 1 fully saturated rings. The molecule has 0 amide bonds. The van der Waals surface area contributed by atoms with Crippen molar-refractivity contribution < 1.29 is 4.74 Å². The topological polar surface area (TPSA) is 9.23 Å². The summed E-state index contributed by atoms with van der Waals surface area (Å²) in [5.41, 5.74) is 0. The first kappa shape index (κ1) is 12.6. The van der Waals surface area contributed by atoms with Crippen molar-refractivity contribution >= 4 is 27.3 Å². The lowest BCUT2D eigenvalue weighted by Crippen LogP contribution is -2.26. The number of halogens is 1. The maximum Gasteiger partial charge on any atom is 0.0813 e. The maximum atomic E-state index is 6.08. The molecule has 2 unspecified atom stereocenters. The molecular weight excluding hydrogens is 284 g/mol. The standard InChI is InChI=1S/C13H19BrOS/c1-2-10-5-3-4-6-13(10)15-8-12-7-11(14)9-16-12/h7,9-10,13H,2-6,8H2,1H3. The molecule has 1 nitrogen and oxygen atoms in total. The third-order valence-corrected chi connectivity index (χ3v) is 5.10. The molecule has 0 spiro atoms. The van der Waals surface area contributed by atoms with Crippen molar-refractivity contribution in [2.75, 3.05) is 0 Å². The second-order valence-electron chi connectivity index (χ2n) is 4.53. The van der Waals surface area contributed by atoms with Crippen molar-refractivity contribution in [1.29, 1.82) is 0 Å². The molecule has 1 saturated carbocycles. The summed E-state index contributed by atoms with van der Waals surface area (Å²) in [6.07, 6.45) is 7.11. The van der Waals surface area contributed by atoms with Crippen LogP contribution in [0.2, 0.25) is 0 Å². The van der Waals surface area contributed by atoms with Gasteiger partial charge in [0.1, 0.15) is 0 Å². The van der Waals surface area contributed by atoms with E-state index in [0.29, 0.717) is 6.10 Å². The molecule has 0 N–H and O–H groups in total. The van der Waals surface area contributed by atoms with E-state index < -0.39 is 0 Å². The number of hydrogen-bond donors (Lipinski definition) is 0. The molecule has 2 atom stereocenters. The molecule has 0 bridgehead atoms. The zero-order valence-electron chi connectivity index (χ0n) is 9.75. The molecule has 90 valence electrons. The first-order chi connectivity index (χ1) is 7.79. The summed E-state index contributed by atoms with van der Waals surface area (Å²) >= 11 is 5.25. The van der Waals surface area contributed by atoms with Crippen molar-refractivity contribution in [3.8, 4) is 0 Å². The normalized spacial score (nSPS) is 25.9. The highest BCUT2D eigenvalue weighted by molar-refractivity contribution is 9.10. The van der Waals surface area contributed by atoms with Gasteiger partial charge in [-0.25, -0.2) is 0 Å². The van der Waals surface area contributed by atoms with Crippen LogP contribution in [0.25, 0.3) is 0 Å². The Bertz CT molecular complexity index is 323. The average Bonchev–Trinajstić information content (AvgIpc) is 2.73. The highest BCUT2D eigenvalue weighted by Gasteiger charge is 2.24. The first-order valence-corrected chi connectivity index (χ1v) is 7.81. The Morgan fingerprint density at radius 3 is 2.94 bits per heavy atom. The lowest BCUT2D eigenvalue weighted by atomic mass is 9.85. The lowest BCUT2D eigenvalue weighted by molar-refractivity contribution is -0.0211. The van der Waals surface area contributed by atoms with Gasteiger partial charge >= 0.3 is 0 Å². The Morgan fingerprint density at radius 2 is 2.25 bits per heavy atom. The summed E-state index contributed by atoms with van der Waals surface area (Å²) in [5.74, 6) is 0.789. The van der Waals surface area contributed by atoms with E-state index in [1.54, 1.807) is 11.3 Å². The van der Waals surface area contributed by atoms with Crippen LogP contribution >= 0.6 is 27.3 Å². The number of hydrogen-bond acceptors (Lipinski definition) is 2. The smallest absolute Gasteiger partial charge is 0.0813 e. The summed E-state index contributed by atoms with van der Waals surface area (Å²) in [5, 5.41) is 2.12. The lowest BCUT2D eigenvalue weighted by Gasteiger charge is -2.30. The minimum atomic E-state index is 0.500. The van der Waals surface area contributed by atoms with E-state index >= 15 is 0 Å². The van der Waals surface area contributed by atoms with Gasteiger partial charge in [-0.05, 0) is 40.8 Å². The Labute approximate surface area is 110 Å². The van der Waals surface area contributed by atoms with Crippen LogP contribution in [0, 0.1) is 5.92 Å². The highest BCUT2D eigenvalue weighted by Crippen LogP contribution is 2.30. The molecular formula is C13H19BrOS. The summed E-state index contributed by atoms with van der Waals surface area (Å²) in [6.45, 7) is 3.07. The van der Waals surface area contributed by atoms with Crippen LogP contribution in [0.4, 0.5) is 0 Å². The van der Waals surface area contributed by atoms with Gasteiger partial charge in [0.2, 0.25) is 0 Å². The van der Waals surface area contributed by atoms with Crippen LogP contribution in [0.3, 0.4) is 0 Å². The van der Waals surface area contributed by atoms with Crippen molar-refractivity contribution in [3.05, 3.63) is 20.8 Å². The fraction of sp³-hybridized carbons (Fsp3) is 0.692. The van der Waals surface area contributed by atoms with Gasteiger partial charge in [-0.3, -0.25) is 0 Å². The van der Waals surface area contributed by atoms with Crippen LogP contribution < -0.4 is 0 Å². The fourth-order valence-electron chi connectivity index (χ4n) is 2.48. The minimum absolute atomic E-state index is 0.500. The molecule has 0 radical (unpaired) electrons. The Kier molecular flexibility index (Phi) is 4.86. The predicted octanol–water partition coefficient (Wildman–Crippen LogP) is 5.00. The van der Waals surface area contributed by atoms with Crippen LogP contribution in [-0.2, 0) is 11.3 Å². The van der Waals surface area contributed by atoms with Gasteiger partial charge in [0.05, 0.1) is 12.7 Å². The monoisotopic (exact) mass is 302 g/mol. The zero-order chi connectivity index (χ0) is 11.4. The van der Waals surface area contributed by atoms with E-state index in [9.17, 15) is 0 Å². The van der Waals surface area contributed by atoms with E-state index in [1.807, 2.05) is 0 Å². The minimum Gasteiger partial charge on any atom is -0.372 e. The number of thiophene rings is 1. The second-order valence-corrected chi connectivity index (χ2v) is 6.44. The van der Waals surface area contributed by atoms with Crippen molar-refractivity contribution in [1.82, 2.24) is 0 Å². The van der Waals surface area contributed by atoms with E-state index in [4.69, 9.17) is 4.74 Å². The van der Waals surface area contributed by atoms with E-state index in [2.05, 4.69) is 34.3 Å². The van der Waals surface area contributed by atoms with Gasteiger partial charge < -0.3 is 4.74 Å². The van der Waals surface area contributed by atoms with Gasteiger partial charge in [-0.15, -0.1) is 11.3 Å². The molecule has 2 rings (SSSR count). The molecule has 0 aromatic carbocycles. The predicted molar refractivity (Wildman–Crippen MR) is 72.8 cm³/mol. The number of ether oxygens (including phenoxy) is 1. The van der Waals surface area contributed by atoms with E-state index in [-0.39, 0.29) is 0 Å². The maximum absolute atomic E-state index is 6.08. The van der Waals surface area contributed by atoms with Crippen molar-refractivity contribution in [2.45, 2.75) is 51.7 Å². The third-order valence-electron chi connectivity index (χ3n) is 3.43. The van der Waals surface area contributed by atoms with Gasteiger partial charge in [0, 0.05) is 14.7 Å². The Hall–Kier alpha value is 0.140. The number of rotatable bonds is 4. The average molecular weight is 303 g/mol. The summed E-state index contributed by atoms with van der Waals surface area (Å²) in [7, 11) is 0. The zero-order valence-corrected chi connectivity index (χ0v) is 12.1. The second kappa shape index (κ2) is 6.18. The molecule has 16 heavy (non-hydrogen) atoms. The van der Waals surface area contributed by atoms with Crippen molar-refractivity contribution in [2.24, 2.45) is 5.92 Å². The SMILES string of the molecule is CCC1CCCCC1OCc1cc(Br)cs1. The fourth-order valence-corrected chi connectivity index (χ4v) is 3.85. The van der Waals surface area contributed by atoms with Crippen LogP contribution in [0.15, 0.2) is 15.9 Å². The largest absolute Gasteiger partial charge is 0.372 e. The molecule has 1 aromatic heterocycles. The molecule has 1 aromatic rings. The van der Waals surface area contributed by atoms with Gasteiger partial charge in [0.15, 0.2) is 0 Å². The highest BCUT2D eigenvalue weighted by atomic mass is 79.9.